The normalized spacial score (nSPS) is 12.5. The van der Waals surface area contributed by atoms with Crippen molar-refractivity contribution >= 4 is 29.1 Å². The maximum atomic E-state index is 13.1. The highest BCUT2D eigenvalue weighted by molar-refractivity contribution is 6.30. The molecule has 28 heavy (non-hydrogen) atoms. The van der Waals surface area contributed by atoms with Crippen LogP contribution in [0.15, 0.2) is 66.9 Å². The first-order valence-corrected chi connectivity index (χ1v) is 9.04. The van der Waals surface area contributed by atoms with Gasteiger partial charge in [0.2, 0.25) is 11.8 Å². The van der Waals surface area contributed by atoms with E-state index < -0.39 is 0 Å². The molecular formula is C21H16ClN3O3. The number of carbonyl (C=O) groups excluding carboxylic acids is 2. The molecule has 2 heterocycles. The molecule has 0 fully saturated rings. The zero-order valence-electron chi connectivity index (χ0n) is 14.8. The summed E-state index contributed by atoms with van der Waals surface area (Å²) >= 11 is 5.97. The maximum absolute atomic E-state index is 13.1. The van der Waals surface area contributed by atoms with Crippen molar-refractivity contribution in [3.63, 3.8) is 0 Å². The Morgan fingerprint density at radius 3 is 2.82 bits per heavy atom. The predicted octanol–water partition coefficient (Wildman–Crippen LogP) is 3.80. The Labute approximate surface area is 166 Å². The molecule has 0 spiro atoms. The number of rotatable bonds is 4. The summed E-state index contributed by atoms with van der Waals surface area (Å²) in [4.78, 5) is 31.2. The van der Waals surface area contributed by atoms with Gasteiger partial charge in [-0.2, -0.15) is 0 Å². The number of anilines is 1. The number of fused-ring (bicyclic) bond motifs is 2. The molecular weight excluding hydrogens is 378 g/mol. The van der Waals surface area contributed by atoms with Crippen molar-refractivity contribution in [3.05, 3.63) is 83.0 Å². The van der Waals surface area contributed by atoms with E-state index in [-0.39, 0.29) is 24.2 Å². The first-order valence-electron chi connectivity index (χ1n) is 8.67. The van der Waals surface area contributed by atoms with Crippen LogP contribution in [0.4, 0.5) is 5.69 Å². The Bertz CT molecular complexity index is 1050. The minimum absolute atomic E-state index is 0.145. The Morgan fingerprint density at radius 1 is 1.11 bits per heavy atom. The van der Waals surface area contributed by atoms with Crippen LogP contribution in [0, 0.1) is 0 Å². The highest BCUT2D eigenvalue weighted by Crippen LogP contribution is 2.37. The van der Waals surface area contributed by atoms with Crippen LogP contribution in [-0.4, -0.2) is 23.3 Å². The molecule has 0 atom stereocenters. The SMILES string of the molecule is O=C(CN1C(=O)c2cccnc2Oc2ccccc21)NCc1cccc(Cl)c1. The second-order valence-electron chi connectivity index (χ2n) is 6.22. The van der Waals surface area contributed by atoms with E-state index in [1.807, 2.05) is 12.1 Å². The average molecular weight is 394 g/mol. The van der Waals surface area contributed by atoms with E-state index in [9.17, 15) is 9.59 Å². The van der Waals surface area contributed by atoms with Gasteiger partial charge in [0.15, 0.2) is 5.75 Å². The third-order valence-corrected chi connectivity index (χ3v) is 4.52. The summed E-state index contributed by atoms with van der Waals surface area (Å²) in [7, 11) is 0. The number of aromatic nitrogens is 1. The molecule has 2 aromatic carbocycles. The third kappa shape index (κ3) is 3.68. The molecule has 2 amide bonds. The summed E-state index contributed by atoms with van der Waals surface area (Å²) in [6.07, 6.45) is 1.56. The van der Waals surface area contributed by atoms with E-state index >= 15 is 0 Å². The molecule has 4 rings (SSSR count). The summed E-state index contributed by atoms with van der Waals surface area (Å²) in [5, 5.41) is 3.42. The fourth-order valence-electron chi connectivity index (χ4n) is 2.96. The summed E-state index contributed by atoms with van der Waals surface area (Å²) < 4.78 is 5.81. The Morgan fingerprint density at radius 2 is 1.96 bits per heavy atom. The van der Waals surface area contributed by atoms with Gasteiger partial charge in [-0.15, -0.1) is 0 Å². The van der Waals surface area contributed by atoms with Crippen molar-refractivity contribution < 1.29 is 14.3 Å². The lowest BCUT2D eigenvalue weighted by atomic mass is 10.2. The van der Waals surface area contributed by atoms with Crippen LogP contribution in [0.25, 0.3) is 0 Å². The van der Waals surface area contributed by atoms with E-state index in [4.69, 9.17) is 16.3 Å². The molecule has 6 nitrogen and oxygen atoms in total. The first-order chi connectivity index (χ1) is 13.6. The van der Waals surface area contributed by atoms with E-state index in [1.54, 1.807) is 54.7 Å². The number of ether oxygens (including phenoxy) is 1. The molecule has 3 aromatic rings. The standard InChI is InChI=1S/C21H16ClN3O3/c22-15-6-3-5-14(11-15)12-24-19(26)13-25-17-8-1-2-9-18(17)28-20-16(21(25)27)7-4-10-23-20/h1-11H,12-13H2,(H,24,26). The van der Waals surface area contributed by atoms with Gasteiger partial charge in [0.1, 0.15) is 12.1 Å². The number of para-hydroxylation sites is 2. The molecule has 1 N–H and O–H groups in total. The second kappa shape index (κ2) is 7.70. The zero-order chi connectivity index (χ0) is 19.5. The van der Waals surface area contributed by atoms with Crippen LogP contribution in [-0.2, 0) is 11.3 Å². The zero-order valence-corrected chi connectivity index (χ0v) is 15.5. The number of nitrogens with one attached hydrogen (secondary N) is 1. The average Bonchev–Trinajstić information content (AvgIpc) is 2.82. The maximum Gasteiger partial charge on any atom is 0.264 e. The van der Waals surface area contributed by atoms with Gasteiger partial charge >= 0.3 is 0 Å². The first kappa shape index (κ1) is 18.0. The number of halogens is 1. The van der Waals surface area contributed by atoms with Crippen LogP contribution in [0.2, 0.25) is 5.02 Å². The lowest BCUT2D eigenvalue weighted by Crippen LogP contribution is -2.40. The molecule has 1 aromatic heterocycles. The molecule has 0 radical (unpaired) electrons. The van der Waals surface area contributed by atoms with Crippen LogP contribution in [0.1, 0.15) is 15.9 Å². The lowest BCUT2D eigenvalue weighted by Gasteiger charge is -2.21. The summed E-state index contributed by atoms with van der Waals surface area (Å²) in [5.74, 6) is 0.0548. The minimum atomic E-state index is -0.342. The molecule has 0 unspecified atom stereocenters. The van der Waals surface area contributed by atoms with Gasteiger partial charge in [0, 0.05) is 17.8 Å². The fourth-order valence-corrected chi connectivity index (χ4v) is 3.18. The molecule has 0 aliphatic carbocycles. The largest absolute Gasteiger partial charge is 0.436 e. The van der Waals surface area contributed by atoms with Crippen molar-refractivity contribution in [1.82, 2.24) is 10.3 Å². The van der Waals surface area contributed by atoms with Gasteiger partial charge in [-0.3, -0.25) is 14.5 Å². The molecule has 140 valence electrons. The number of hydrogen-bond donors (Lipinski definition) is 1. The van der Waals surface area contributed by atoms with E-state index in [0.717, 1.165) is 5.56 Å². The van der Waals surface area contributed by atoms with Gasteiger partial charge in [0.05, 0.1) is 5.69 Å². The van der Waals surface area contributed by atoms with Gasteiger partial charge in [-0.25, -0.2) is 4.98 Å². The van der Waals surface area contributed by atoms with Gasteiger partial charge < -0.3 is 10.1 Å². The lowest BCUT2D eigenvalue weighted by molar-refractivity contribution is -0.119. The van der Waals surface area contributed by atoms with Gasteiger partial charge in [0.25, 0.3) is 5.91 Å². The molecule has 7 heteroatoms. The smallest absolute Gasteiger partial charge is 0.264 e. The topological polar surface area (TPSA) is 71.5 Å². The number of amides is 2. The predicted molar refractivity (Wildman–Crippen MR) is 106 cm³/mol. The molecule has 0 saturated heterocycles. The number of pyridine rings is 1. The van der Waals surface area contributed by atoms with Crippen molar-refractivity contribution in [3.8, 4) is 11.6 Å². The monoisotopic (exact) mass is 393 g/mol. The number of nitrogens with zero attached hydrogens (tertiary/aromatic N) is 2. The number of benzene rings is 2. The highest BCUT2D eigenvalue weighted by Gasteiger charge is 2.30. The molecule has 1 aliphatic heterocycles. The van der Waals surface area contributed by atoms with E-state index in [2.05, 4.69) is 10.3 Å². The van der Waals surface area contributed by atoms with Crippen molar-refractivity contribution in [2.24, 2.45) is 0 Å². The van der Waals surface area contributed by atoms with Crippen LogP contribution in [0.3, 0.4) is 0 Å². The Hall–Kier alpha value is -3.38. The highest BCUT2D eigenvalue weighted by atomic mass is 35.5. The number of hydrogen-bond acceptors (Lipinski definition) is 4. The van der Waals surface area contributed by atoms with E-state index in [1.165, 1.54) is 4.90 Å². The Kier molecular flexibility index (Phi) is 4.95. The van der Waals surface area contributed by atoms with Crippen LogP contribution >= 0.6 is 11.6 Å². The fraction of sp³-hybridized carbons (Fsp3) is 0.0952. The van der Waals surface area contributed by atoms with Crippen LogP contribution < -0.4 is 15.0 Å². The summed E-state index contributed by atoms with van der Waals surface area (Å²) in [5.41, 5.74) is 1.70. The van der Waals surface area contributed by atoms with Crippen LogP contribution in [0.5, 0.6) is 11.6 Å². The molecule has 1 aliphatic rings. The Balaban J connectivity index is 1.57. The van der Waals surface area contributed by atoms with Crippen molar-refractivity contribution in [2.75, 3.05) is 11.4 Å². The quantitative estimate of drug-likeness (QED) is 0.731. The number of carbonyl (C=O) groups is 2. The van der Waals surface area contributed by atoms with E-state index in [0.29, 0.717) is 28.6 Å². The van der Waals surface area contributed by atoms with Gasteiger partial charge in [-0.05, 0) is 42.0 Å². The second-order valence-corrected chi connectivity index (χ2v) is 6.66. The summed E-state index contributed by atoms with van der Waals surface area (Å²) in [6.45, 7) is 0.172. The summed E-state index contributed by atoms with van der Waals surface area (Å²) in [6, 6.07) is 17.6. The molecule has 0 bridgehead atoms. The van der Waals surface area contributed by atoms with Gasteiger partial charge in [-0.1, -0.05) is 35.9 Å². The molecule has 0 saturated carbocycles. The van der Waals surface area contributed by atoms with Crippen molar-refractivity contribution in [2.45, 2.75) is 6.54 Å². The minimum Gasteiger partial charge on any atom is -0.436 e. The third-order valence-electron chi connectivity index (χ3n) is 4.29. The van der Waals surface area contributed by atoms with Crippen molar-refractivity contribution in [1.29, 1.82) is 0 Å².